The molecule has 19 nitrogen and oxygen atoms in total. The zero-order valence-corrected chi connectivity index (χ0v) is 45.5. The molecule has 4 aliphatic rings. The SMILES string of the molecule is CC(=O)N[C@H](C(=O)N[C@@H](CCCNC(N)=O)C(=O)Nc1ccc(COC(=O)N[C@@H](CO)C(=O)Nc2ccc3c(c2)[C@@]2(C)CCC[C@](C)(C(=O)NC(=O)[C@@]4(C)CCC[C@]5(C)c6cc(O)ccc6CC[C@@H]45)[C@@H]2CC3)cc1)C(C)C. The van der Waals surface area contributed by atoms with Crippen LogP contribution in [0.4, 0.5) is 21.0 Å². The second kappa shape index (κ2) is 23.7. The summed E-state index contributed by atoms with van der Waals surface area (Å²) < 4.78 is 5.39. The van der Waals surface area contributed by atoms with E-state index in [1.54, 1.807) is 50.2 Å². The van der Waals surface area contributed by atoms with E-state index in [4.69, 9.17) is 10.5 Å². The normalized spacial score (nSPS) is 25.3. The van der Waals surface area contributed by atoms with Crippen molar-refractivity contribution >= 4 is 58.9 Å². The molecule has 2 saturated carbocycles. The van der Waals surface area contributed by atoms with E-state index >= 15 is 0 Å². The molecule has 9 atom stereocenters. The number of imide groups is 1. The molecular weight excluding hydrogens is 985 g/mol. The largest absolute Gasteiger partial charge is 0.508 e. The highest BCUT2D eigenvalue weighted by Crippen LogP contribution is 2.60. The van der Waals surface area contributed by atoms with Crippen molar-refractivity contribution in [2.24, 2.45) is 34.3 Å². The van der Waals surface area contributed by atoms with Crippen molar-refractivity contribution in [1.29, 1.82) is 0 Å². The third-order valence-electron chi connectivity index (χ3n) is 17.5. The fourth-order valence-electron chi connectivity index (χ4n) is 13.4. The average molecular weight is 1060 g/mol. The minimum atomic E-state index is -1.37. The molecule has 7 rings (SSSR count). The summed E-state index contributed by atoms with van der Waals surface area (Å²) in [5.41, 5.74) is 8.53. The summed E-state index contributed by atoms with van der Waals surface area (Å²) in [5, 5.41) is 39.5. The molecule has 77 heavy (non-hydrogen) atoms. The predicted molar refractivity (Wildman–Crippen MR) is 289 cm³/mol. The number of amides is 9. The molecule has 9 amide bonds. The summed E-state index contributed by atoms with van der Waals surface area (Å²) in [7, 11) is 0. The number of fused-ring (bicyclic) bond motifs is 6. The van der Waals surface area contributed by atoms with Gasteiger partial charge in [0.2, 0.25) is 35.4 Å². The first-order chi connectivity index (χ1) is 36.4. The average Bonchev–Trinajstić information content (AvgIpc) is 3.49. The van der Waals surface area contributed by atoms with Crippen LogP contribution in [0, 0.1) is 28.6 Å². The number of phenols is 1. The number of aryl methyl sites for hydroxylation is 2. The minimum absolute atomic E-state index is 0.00353. The number of ether oxygens (including phenoxy) is 1. The van der Waals surface area contributed by atoms with Crippen LogP contribution in [0.3, 0.4) is 0 Å². The Labute approximate surface area is 450 Å². The number of rotatable bonds is 18. The number of alkyl carbamates (subject to hydrolysis) is 1. The molecule has 0 radical (unpaired) electrons. The van der Waals surface area contributed by atoms with Crippen molar-refractivity contribution < 1.29 is 53.3 Å². The van der Waals surface area contributed by atoms with Gasteiger partial charge >= 0.3 is 12.1 Å². The van der Waals surface area contributed by atoms with Gasteiger partial charge < -0.3 is 52.6 Å². The first-order valence-corrected chi connectivity index (χ1v) is 27.1. The van der Waals surface area contributed by atoms with E-state index in [1.807, 2.05) is 38.1 Å². The molecule has 0 unspecified atom stereocenters. The molecule has 0 spiro atoms. The van der Waals surface area contributed by atoms with Gasteiger partial charge in [-0.25, -0.2) is 9.59 Å². The minimum Gasteiger partial charge on any atom is -0.508 e. The van der Waals surface area contributed by atoms with Gasteiger partial charge in [0.15, 0.2) is 0 Å². The lowest BCUT2D eigenvalue weighted by atomic mass is 9.49. The molecule has 416 valence electrons. The summed E-state index contributed by atoms with van der Waals surface area (Å²) >= 11 is 0. The summed E-state index contributed by atoms with van der Waals surface area (Å²) in [4.78, 5) is 105. The predicted octanol–water partition coefficient (Wildman–Crippen LogP) is 6.01. The number of urea groups is 1. The molecule has 0 aromatic heterocycles. The fraction of sp³-hybridized carbons (Fsp3) is 0.552. The number of aliphatic hydroxyl groups excluding tert-OH is 1. The second-order valence-corrected chi connectivity index (χ2v) is 23.1. The number of aliphatic hydroxyl groups is 1. The van der Waals surface area contributed by atoms with E-state index in [0.717, 1.165) is 61.6 Å². The zero-order chi connectivity index (χ0) is 56.0. The molecule has 0 aliphatic heterocycles. The summed E-state index contributed by atoms with van der Waals surface area (Å²) in [6.07, 6.45) is 7.14. The van der Waals surface area contributed by atoms with Crippen LogP contribution in [0.2, 0.25) is 0 Å². The number of benzene rings is 3. The first-order valence-electron chi connectivity index (χ1n) is 27.1. The van der Waals surface area contributed by atoms with E-state index in [1.165, 1.54) is 12.5 Å². The Balaban J connectivity index is 0.939. The van der Waals surface area contributed by atoms with Crippen molar-refractivity contribution in [1.82, 2.24) is 26.6 Å². The number of anilines is 2. The topological polar surface area (TPSA) is 296 Å². The van der Waals surface area contributed by atoms with E-state index in [-0.39, 0.29) is 60.3 Å². The molecule has 2 fully saturated rings. The van der Waals surface area contributed by atoms with Gasteiger partial charge in [-0.2, -0.15) is 0 Å². The molecule has 4 aliphatic carbocycles. The van der Waals surface area contributed by atoms with Gasteiger partial charge in [0.25, 0.3) is 0 Å². The lowest BCUT2D eigenvalue weighted by molar-refractivity contribution is -0.150. The molecule has 19 heteroatoms. The smallest absolute Gasteiger partial charge is 0.408 e. The van der Waals surface area contributed by atoms with Crippen LogP contribution in [0.1, 0.15) is 140 Å². The molecular formula is C58H78N8O11. The molecule has 11 N–H and O–H groups in total. The maximum atomic E-state index is 14.7. The van der Waals surface area contributed by atoms with Gasteiger partial charge in [0, 0.05) is 24.8 Å². The number of hydrogen-bond acceptors (Lipinski definition) is 11. The van der Waals surface area contributed by atoms with Crippen LogP contribution in [0.25, 0.3) is 0 Å². The summed E-state index contributed by atoms with van der Waals surface area (Å²) in [5.74, 6) is -2.82. The van der Waals surface area contributed by atoms with Crippen LogP contribution in [0.5, 0.6) is 5.75 Å². The Bertz CT molecular complexity index is 2750. The Morgan fingerprint density at radius 2 is 1.23 bits per heavy atom. The lowest BCUT2D eigenvalue weighted by Gasteiger charge is -2.56. The third kappa shape index (κ3) is 12.6. The first kappa shape index (κ1) is 57.7. The van der Waals surface area contributed by atoms with Gasteiger partial charge in [-0.3, -0.25) is 34.1 Å². The highest BCUT2D eigenvalue weighted by molar-refractivity contribution is 6.01. The molecule has 3 aromatic rings. The van der Waals surface area contributed by atoms with Gasteiger partial charge in [-0.15, -0.1) is 0 Å². The van der Waals surface area contributed by atoms with Gasteiger partial charge in [0.1, 0.15) is 30.5 Å². The second-order valence-electron chi connectivity index (χ2n) is 23.1. The Kier molecular flexibility index (Phi) is 17.8. The van der Waals surface area contributed by atoms with E-state index < -0.39 is 76.7 Å². The third-order valence-corrected chi connectivity index (χ3v) is 17.5. The molecule has 0 saturated heterocycles. The van der Waals surface area contributed by atoms with Crippen LogP contribution in [-0.4, -0.2) is 89.1 Å². The number of nitrogens with one attached hydrogen (secondary N) is 7. The molecule has 3 aromatic carbocycles. The number of hydrogen-bond donors (Lipinski definition) is 10. The Morgan fingerprint density at radius 1 is 0.688 bits per heavy atom. The molecule has 0 bridgehead atoms. The summed E-state index contributed by atoms with van der Waals surface area (Å²) in [6.45, 7) is 12.4. The lowest BCUT2D eigenvalue weighted by Crippen LogP contribution is -2.60. The quantitative estimate of drug-likeness (QED) is 0.0520. The van der Waals surface area contributed by atoms with Crippen LogP contribution < -0.4 is 43.0 Å². The van der Waals surface area contributed by atoms with Crippen LogP contribution >= 0.6 is 0 Å². The van der Waals surface area contributed by atoms with E-state index in [0.29, 0.717) is 42.6 Å². The monoisotopic (exact) mass is 1060 g/mol. The van der Waals surface area contributed by atoms with Crippen molar-refractivity contribution in [2.75, 3.05) is 23.8 Å². The van der Waals surface area contributed by atoms with Gasteiger partial charge in [-0.1, -0.05) is 78.6 Å². The van der Waals surface area contributed by atoms with Crippen molar-refractivity contribution in [2.45, 2.75) is 161 Å². The van der Waals surface area contributed by atoms with Gasteiger partial charge in [-0.05, 0) is 157 Å². The molecule has 0 heterocycles. The number of nitrogens with two attached hydrogens (primary N) is 1. The van der Waals surface area contributed by atoms with E-state index in [2.05, 4.69) is 51.1 Å². The van der Waals surface area contributed by atoms with Crippen molar-refractivity contribution in [3.05, 3.63) is 88.5 Å². The number of carbonyl (C=O) groups excluding carboxylic acids is 8. The highest BCUT2D eigenvalue weighted by Gasteiger charge is 2.58. The summed E-state index contributed by atoms with van der Waals surface area (Å²) in [6, 6.07) is 13.6. The number of carbonyl (C=O) groups is 8. The standard InChI is InChI=1S/C58H78N8O11/c1-33(2)47(61-34(3)68)50(72)64-43(11-8-28-60-53(59)75)48(70)62-38-18-12-35(13-19-38)32-77-54(76)65-44(31-67)49(71)63-39-20-14-36-16-22-45-55(4,41(36)29-39)24-9-26-57(45,6)51(73)66-52(74)58(7)27-10-25-56(5)42-30-40(69)21-15-37(42)17-23-46(56)58/h12-15,18-21,29-30,33,43-47,67,69H,8-11,16-17,22-28,31-32H2,1-7H3,(H,61,68)(H,62,70)(H,63,71)(H,64,72)(H,65,76)(H3,59,60,75)(H,66,73,74)/t43-,44-,45+,46+,47-,55+,56+,57-,58-/m0/s1. The highest BCUT2D eigenvalue weighted by atomic mass is 16.5. The van der Waals surface area contributed by atoms with Crippen molar-refractivity contribution in [3.63, 3.8) is 0 Å². The number of phenolic OH excluding ortho intramolecular Hbond substituents is 1. The maximum Gasteiger partial charge on any atom is 0.408 e. The number of primary amides is 1. The Morgan fingerprint density at radius 3 is 1.79 bits per heavy atom. The van der Waals surface area contributed by atoms with Crippen molar-refractivity contribution in [3.8, 4) is 5.75 Å². The maximum absolute atomic E-state index is 14.7. The van der Waals surface area contributed by atoms with Crippen LogP contribution in [0.15, 0.2) is 60.7 Å². The number of aromatic hydroxyl groups is 1. The Hall–Kier alpha value is -7.02. The fourth-order valence-corrected chi connectivity index (χ4v) is 13.4. The van der Waals surface area contributed by atoms with Crippen LogP contribution in [-0.2, 0) is 63.8 Å². The van der Waals surface area contributed by atoms with E-state index in [9.17, 15) is 48.6 Å². The van der Waals surface area contributed by atoms with Gasteiger partial charge in [0.05, 0.1) is 17.4 Å². The zero-order valence-electron chi connectivity index (χ0n) is 45.5.